The lowest BCUT2D eigenvalue weighted by Gasteiger charge is -2.29. The number of hydrogen-bond donors (Lipinski definition) is 1. The van der Waals surface area contributed by atoms with Crippen molar-refractivity contribution in [2.75, 3.05) is 7.05 Å². The van der Waals surface area contributed by atoms with Crippen LogP contribution in [0.5, 0.6) is 5.75 Å². The summed E-state index contributed by atoms with van der Waals surface area (Å²) in [4.78, 5) is 18.0. The van der Waals surface area contributed by atoms with Crippen LogP contribution in [-0.2, 0) is 9.53 Å². The van der Waals surface area contributed by atoms with E-state index in [-0.39, 0.29) is 11.9 Å². The van der Waals surface area contributed by atoms with E-state index in [1.807, 2.05) is 58.9 Å². The van der Waals surface area contributed by atoms with E-state index in [1.54, 1.807) is 7.05 Å². The summed E-state index contributed by atoms with van der Waals surface area (Å²) in [6.07, 6.45) is 0. The smallest absolute Gasteiger partial charge is 0.325 e. The fourth-order valence-electron chi connectivity index (χ4n) is 1.73. The van der Waals surface area contributed by atoms with Crippen LogP contribution in [0.25, 0.3) is 0 Å². The first-order valence-electron chi connectivity index (χ1n) is 7.25. The zero-order valence-corrected chi connectivity index (χ0v) is 15.6. The molecule has 0 aliphatic carbocycles. The predicted molar refractivity (Wildman–Crippen MR) is 90.1 cm³/mol. The summed E-state index contributed by atoms with van der Waals surface area (Å²) in [6, 6.07) is 7.01. The summed E-state index contributed by atoms with van der Waals surface area (Å²) in [6.45, 7) is 9.46. The summed E-state index contributed by atoms with van der Waals surface area (Å²) in [5.74, 6) is 0.411. The molecule has 0 radical (unpaired) electrons. The molecule has 1 aromatic rings. The Balaban J connectivity index is 2.71. The van der Waals surface area contributed by atoms with Crippen molar-refractivity contribution in [3.63, 3.8) is 0 Å². The molecule has 0 saturated carbocycles. The van der Waals surface area contributed by atoms with Gasteiger partial charge in [0.25, 0.3) is 0 Å². The lowest BCUT2D eigenvalue weighted by atomic mass is 10.1. The van der Waals surface area contributed by atoms with Crippen LogP contribution in [0.15, 0.2) is 28.7 Å². The van der Waals surface area contributed by atoms with Gasteiger partial charge in [-0.15, -0.1) is 0 Å². The number of para-hydroxylation sites is 1. The van der Waals surface area contributed by atoms with E-state index in [4.69, 9.17) is 9.57 Å². The number of nitrogens with zero attached hydrogens (tertiary/aromatic N) is 1. The number of hydroxylamine groups is 1. The molecule has 5 nitrogen and oxygen atoms in total. The molecule has 0 amide bonds. The maximum absolute atomic E-state index is 12.3. The van der Waals surface area contributed by atoms with Crippen LogP contribution in [-0.4, -0.2) is 29.8 Å². The number of rotatable bonds is 6. The molecule has 6 heteroatoms. The largest absolute Gasteiger partial charge is 0.459 e. The molecule has 124 valence electrons. The molecular weight excluding hydrogens is 348 g/mol. The Morgan fingerprint density at radius 3 is 2.36 bits per heavy atom. The molecule has 0 aliphatic rings. The standard InChI is InChI=1S/C16H25BrN2O3/c1-11(2)14(15(20)21-16(3,4)5)18-19(6)22-13-10-8-7-9-12(13)17/h7-11,14,18H,1-6H3/t14-/m0/s1. The average molecular weight is 373 g/mol. The maximum atomic E-state index is 12.3. The fourth-order valence-corrected chi connectivity index (χ4v) is 2.08. The van der Waals surface area contributed by atoms with E-state index in [0.29, 0.717) is 5.75 Å². The van der Waals surface area contributed by atoms with Crippen molar-refractivity contribution in [2.24, 2.45) is 5.92 Å². The Morgan fingerprint density at radius 1 is 1.27 bits per heavy atom. The van der Waals surface area contributed by atoms with Crippen molar-refractivity contribution in [1.82, 2.24) is 10.6 Å². The van der Waals surface area contributed by atoms with Crippen molar-refractivity contribution < 1.29 is 14.4 Å². The Bertz CT molecular complexity index is 500. The highest BCUT2D eigenvalue weighted by molar-refractivity contribution is 9.10. The van der Waals surface area contributed by atoms with Gasteiger partial charge in [-0.3, -0.25) is 4.79 Å². The molecule has 22 heavy (non-hydrogen) atoms. The number of benzene rings is 1. The molecule has 0 bridgehead atoms. The van der Waals surface area contributed by atoms with Crippen LogP contribution in [0.2, 0.25) is 0 Å². The fraction of sp³-hybridized carbons (Fsp3) is 0.562. The number of carbonyl (C=O) groups excluding carboxylic acids is 1. The predicted octanol–water partition coefficient (Wildman–Crippen LogP) is 3.55. The van der Waals surface area contributed by atoms with Gasteiger partial charge in [0.05, 0.1) is 4.47 Å². The van der Waals surface area contributed by atoms with Crippen molar-refractivity contribution in [3.8, 4) is 5.75 Å². The molecule has 0 saturated heterocycles. The summed E-state index contributed by atoms with van der Waals surface area (Å²) < 4.78 is 6.28. The summed E-state index contributed by atoms with van der Waals surface area (Å²) in [5, 5.41) is 1.43. The van der Waals surface area contributed by atoms with Gasteiger partial charge in [0, 0.05) is 7.05 Å². The lowest BCUT2D eigenvalue weighted by molar-refractivity contribution is -0.167. The van der Waals surface area contributed by atoms with E-state index in [0.717, 1.165) is 4.47 Å². The number of carbonyl (C=O) groups is 1. The van der Waals surface area contributed by atoms with Crippen LogP contribution >= 0.6 is 15.9 Å². The van der Waals surface area contributed by atoms with Gasteiger partial charge in [0.2, 0.25) is 0 Å². The zero-order chi connectivity index (χ0) is 16.9. The van der Waals surface area contributed by atoms with E-state index >= 15 is 0 Å². The highest BCUT2D eigenvalue weighted by Crippen LogP contribution is 2.24. The first-order valence-corrected chi connectivity index (χ1v) is 8.04. The number of halogens is 1. The third kappa shape index (κ3) is 6.34. The van der Waals surface area contributed by atoms with E-state index in [9.17, 15) is 4.79 Å². The monoisotopic (exact) mass is 372 g/mol. The zero-order valence-electron chi connectivity index (χ0n) is 14.0. The first kappa shape index (κ1) is 18.9. The number of hydrogen-bond acceptors (Lipinski definition) is 5. The maximum Gasteiger partial charge on any atom is 0.325 e. The second-order valence-corrected chi connectivity index (χ2v) is 7.26. The van der Waals surface area contributed by atoms with Gasteiger partial charge in [-0.25, -0.2) is 5.43 Å². The Kier molecular flexibility index (Phi) is 6.84. The molecule has 1 rings (SSSR count). The van der Waals surface area contributed by atoms with Gasteiger partial charge >= 0.3 is 5.97 Å². The topological polar surface area (TPSA) is 50.8 Å². The molecule has 1 atom stereocenters. The van der Waals surface area contributed by atoms with Crippen molar-refractivity contribution in [1.29, 1.82) is 0 Å². The Hall–Kier alpha value is -1.11. The second kappa shape index (κ2) is 7.94. The Labute approximate surface area is 141 Å². The third-order valence-electron chi connectivity index (χ3n) is 2.72. The molecule has 0 heterocycles. The van der Waals surface area contributed by atoms with Crippen LogP contribution in [0, 0.1) is 5.92 Å². The van der Waals surface area contributed by atoms with E-state index in [1.165, 1.54) is 5.17 Å². The van der Waals surface area contributed by atoms with Crippen LogP contribution in [0.4, 0.5) is 0 Å². The molecule has 1 N–H and O–H groups in total. The number of hydrazine groups is 1. The average Bonchev–Trinajstić information content (AvgIpc) is 2.36. The van der Waals surface area contributed by atoms with Gasteiger partial charge in [0.1, 0.15) is 11.6 Å². The number of nitrogens with one attached hydrogen (secondary N) is 1. The van der Waals surface area contributed by atoms with Crippen LogP contribution < -0.4 is 10.3 Å². The normalized spacial score (nSPS) is 13.3. The molecular formula is C16H25BrN2O3. The van der Waals surface area contributed by atoms with Gasteiger partial charge in [-0.05, 0) is 54.8 Å². The van der Waals surface area contributed by atoms with Crippen molar-refractivity contribution in [3.05, 3.63) is 28.7 Å². The quantitative estimate of drug-likeness (QED) is 0.611. The van der Waals surface area contributed by atoms with E-state index in [2.05, 4.69) is 21.4 Å². The minimum Gasteiger partial charge on any atom is -0.459 e. The molecule has 0 fully saturated rings. The minimum absolute atomic E-state index is 0.0557. The highest BCUT2D eigenvalue weighted by Gasteiger charge is 2.29. The molecule has 0 aromatic heterocycles. The van der Waals surface area contributed by atoms with Gasteiger partial charge in [0.15, 0.2) is 5.75 Å². The molecule has 1 aromatic carbocycles. The van der Waals surface area contributed by atoms with Crippen molar-refractivity contribution in [2.45, 2.75) is 46.3 Å². The third-order valence-corrected chi connectivity index (χ3v) is 3.38. The highest BCUT2D eigenvalue weighted by atomic mass is 79.9. The van der Waals surface area contributed by atoms with Crippen LogP contribution in [0.3, 0.4) is 0 Å². The van der Waals surface area contributed by atoms with Gasteiger partial charge < -0.3 is 9.57 Å². The summed E-state index contributed by atoms with van der Waals surface area (Å²) in [7, 11) is 1.71. The van der Waals surface area contributed by atoms with Gasteiger partial charge in [-0.1, -0.05) is 31.2 Å². The minimum atomic E-state index is -0.520. The SMILES string of the molecule is CC(C)[C@H](NN(C)Oc1ccccc1Br)C(=O)OC(C)(C)C. The number of esters is 1. The molecule has 0 unspecified atom stereocenters. The Morgan fingerprint density at radius 2 is 1.86 bits per heavy atom. The van der Waals surface area contributed by atoms with Gasteiger partial charge in [-0.2, -0.15) is 0 Å². The number of ether oxygens (including phenoxy) is 1. The first-order chi connectivity index (χ1) is 10.1. The van der Waals surface area contributed by atoms with Crippen molar-refractivity contribution >= 4 is 21.9 Å². The molecule has 0 spiro atoms. The summed E-state index contributed by atoms with van der Waals surface area (Å²) in [5.41, 5.74) is 2.51. The van der Waals surface area contributed by atoms with E-state index < -0.39 is 11.6 Å². The second-order valence-electron chi connectivity index (χ2n) is 6.40. The van der Waals surface area contributed by atoms with Crippen LogP contribution in [0.1, 0.15) is 34.6 Å². The lowest BCUT2D eigenvalue weighted by Crippen LogP contribution is -2.52. The molecule has 0 aliphatic heterocycles. The summed E-state index contributed by atoms with van der Waals surface area (Å²) >= 11 is 3.42.